The van der Waals surface area contributed by atoms with Crippen LogP contribution in [0.5, 0.6) is 11.5 Å². The van der Waals surface area contributed by atoms with Crippen LogP contribution in [0.3, 0.4) is 0 Å². The molecule has 0 unspecified atom stereocenters. The van der Waals surface area contributed by atoms with Gasteiger partial charge in [-0.05, 0) is 76.8 Å². The van der Waals surface area contributed by atoms with Gasteiger partial charge in [0.15, 0.2) is 0 Å². The molecule has 152 valence electrons. The van der Waals surface area contributed by atoms with Crippen LogP contribution in [0, 0.1) is 34.1 Å². The Morgan fingerprint density at radius 3 is 2.37 bits per heavy atom. The number of hydrogen-bond donors (Lipinski definition) is 0. The second kappa shape index (κ2) is 8.83. The van der Waals surface area contributed by atoms with E-state index in [1.54, 1.807) is 24.4 Å². The summed E-state index contributed by atoms with van der Waals surface area (Å²) in [6.07, 6.45) is 1.71. The van der Waals surface area contributed by atoms with Crippen molar-refractivity contribution in [2.75, 3.05) is 0 Å². The maximum absolute atomic E-state index is 11.3. The first kappa shape index (κ1) is 21.1. The molecule has 0 radical (unpaired) electrons. The van der Waals surface area contributed by atoms with Crippen molar-refractivity contribution in [3.05, 3.63) is 96.0 Å². The zero-order valence-electron chi connectivity index (χ0n) is 16.0. The third kappa shape index (κ3) is 4.69. The molecule has 0 aliphatic carbocycles. The van der Waals surface area contributed by atoms with Gasteiger partial charge in [0.1, 0.15) is 5.75 Å². The second-order valence-electron chi connectivity index (χ2n) is 6.44. The molecule has 9 heteroatoms. The van der Waals surface area contributed by atoms with Crippen molar-refractivity contribution < 1.29 is 14.6 Å². The highest BCUT2D eigenvalue weighted by molar-refractivity contribution is 9.10. The fourth-order valence-electron chi connectivity index (χ4n) is 2.67. The summed E-state index contributed by atoms with van der Waals surface area (Å²) in [5, 5.41) is 22.1. The maximum atomic E-state index is 11.3. The maximum Gasteiger partial charge on any atom is 0.318 e. The molecule has 0 aliphatic rings. The second-order valence-corrected chi connectivity index (χ2v) is 7.29. The average molecular weight is 470 g/mol. The SMILES string of the molecule is Cc1cccc(N=Cc2ccc(Oc3ccc([N+](=O)[O-])cc3[N+](=O)[O-])c(Br)c2)c1C. The van der Waals surface area contributed by atoms with Gasteiger partial charge in [-0.15, -0.1) is 0 Å². The monoisotopic (exact) mass is 469 g/mol. The highest BCUT2D eigenvalue weighted by Gasteiger charge is 2.21. The number of non-ortho nitro benzene ring substituents is 1. The van der Waals surface area contributed by atoms with Gasteiger partial charge < -0.3 is 4.74 Å². The molecule has 0 aliphatic heterocycles. The number of halogens is 1. The van der Waals surface area contributed by atoms with E-state index in [9.17, 15) is 20.2 Å². The lowest BCUT2D eigenvalue weighted by Gasteiger charge is -2.09. The molecule has 3 aromatic rings. The molecule has 0 amide bonds. The molecule has 0 fully saturated rings. The number of aryl methyl sites for hydroxylation is 1. The molecule has 3 aromatic carbocycles. The van der Waals surface area contributed by atoms with E-state index in [0.29, 0.717) is 10.2 Å². The first-order chi connectivity index (χ1) is 14.3. The Labute approximate surface area is 180 Å². The first-order valence-electron chi connectivity index (χ1n) is 8.77. The van der Waals surface area contributed by atoms with E-state index in [1.807, 2.05) is 32.0 Å². The van der Waals surface area contributed by atoms with Crippen molar-refractivity contribution in [3.8, 4) is 11.5 Å². The van der Waals surface area contributed by atoms with Gasteiger partial charge in [-0.2, -0.15) is 0 Å². The molecular weight excluding hydrogens is 454 g/mol. The third-order valence-corrected chi connectivity index (χ3v) is 5.07. The zero-order chi connectivity index (χ0) is 21.8. The van der Waals surface area contributed by atoms with E-state index in [0.717, 1.165) is 34.5 Å². The van der Waals surface area contributed by atoms with Crippen molar-refractivity contribution >= 4 is 39.2 Å². The van der Waals surface area contributed by atoms with Crippen molar-refractivity contribution in [2.24, 2.45) is 4.99 Å². The number of nitrogens with zero attached hydrogens (tertiary/aromatic N) is 3. The average Bonchev–Trinajstić information content (AvgIpc) is 2.70. The first-order valence-corrected chi connectivity index (χ1v) is 9.56. The number of hydrogen-bond acceptors (Lipinski definition) is 6. The lowest BCUT2D eigenvalue weighted by Crippen LogP contribution is -1.96. The van der Waals surface area contributed by atoms with Crippen LogP contribution in [0.25, 0.3) is 0 Å². The van der Waals surface area contributed by atoms with E-state index in [2.05, 4.69) is 20.9 Å². The third-order valence-electron chi connectivity index (χ3n) is 4.45. The Morgan fingerprint density at radius 1 is 0.967 bits per heavy atom. The molecule has 0 heterocycles. The molecule has 3 rings (SSSR count). The summed E-state index contributed by atoms with van der Waals surface area (Å²) in [5.41, 5.74) is 3.04. The minimum Gasteiger partial charge on any atom is -0.449 e. The Kier molecular flexibility index (Phi) is 6.22. The van der Waals surface area contributed by atoms with Gasteiger partial charge in [0.25, 0.3) is 5.69 Å². The van der Waals surface area contributed by atoms with Gasteiger partial charge in [-0.3, -0.25) is 25.2 Å². The Morgan fingerprint density at radius 2 is 1.70 bits per heavy atom. The largest absolute Gasteiger partial charge is 0.449 e. The van der Waals surface area contributed by atoms with Crippen LogP contribution < -0.4 is 4.74 Å². The summed E-state index contributed by atoms with van der Waals surface area (Å²) >= 11 is 3.39. The standard InChI is InChI=1S/C21H16BrN3O5/c1-13-4-3-5-18(14(13)2)23-12-15-6-8-20(17(22)10-15)30-21-9-7-16(24(26)27)11-19(21)25(28)29/h3-12H,1-2H3. The quantitative estimate of drug-likeness (QED) is 0.235. The number of aliphatic imine (C=N–C) groups is 1. The van der Waals surface area contributed by atoms with Gasteiger partial charge in [0, 0.05) is 12.3 Å². The molecular formula is C21H16BrN3O5. The Balaban J connectivity index is 1.86. The van der Waals surface area contributed by atoms with Crippen LogP contribution in [-0.2, 0) is 0 Å². The molecule has 0 N–H and O–H groups in total. The minimum absolute atomic E-state index is 0.0943. The van der Waals surface area contributed by atoms with Gasteiger partial charge in [-0.1, -0.05) is 12.1 Å². The molecule has 0 spiro atoms. The Hall–Kier alpha value is -3.59. The number of benzene rings is 3. The molecule has 0 aromatic heterocycles. The fourth-order valence-corrected chi connectivity index (χ4v) is 3.14. The summed E-state index contributed by atoms with van der Waals surface area (Å²) in [6, 6.07) is 14.3. The van der Waals surface area contributed by atoms with Gasteiger partial charge in [0.05, 0.1) is 26.1 Å². The molecule has 8 nitrogen and oxygen atoms in total. The molecule has 30 heavy (non-hydrogen) atoms. The van der Waals surface area contributed by atoms with Crippen LogP contribution in [0.2, 0.25) is 0 Å². The summed E-state index contributed by atoms with van der Waals surface area (Å²) in [6.45, 7) is 4.03. The number of nitro benzene ring substituents is 2. The minimum atomic E-state index is -0.721. The number of ether oxygens (including phenoxy) is 1. The lowest BCUT2D eigenvalue weighted by atomic mass is 10.1. The van der Waals surface area contributed by atoms with Gasteiger partial charge in [-0.25, -0.2) is 0 Å². The number of rotatable bonds is 6. The van der Waals surface area contributed by atoms with Crippen molar-refractivity contribution in [2.45, 2.75) is 13.8 Å². The van der Waals surface area contributed by atoms with Crippen molar-refractivity contribution in [3.63, 3.8) is 0 Å². The van der Waals surface area contributed by atoms with E-state index < -0.39 is 15.5 Å². The van der Waals surface area contributed by atoms with Crippen LogP contribution in [0.1, 0.15) is 16.7 Å². The summed E-state index contributed by atoms with van der Waals surface area (Å²) in [7, 11) is 0. The van der Waals surface area contributed by atoms with E-state index >= 15 is 0 Å². The lowest BCUT2D eigenvalue weighted by molar-refractivity contribution is -0.394. The van der Waals surface area contributed by atoms with Crippen LogP contribution >= 0.6 is 15.9 Å². The normalized spacial score (nSPS) is 10.9. The van der Waals surface area contributed by atoms with Crippen molar-refractivity contribution in [1.82, 2.24) is 0 Å². The van der Waals surface area contributed by atoms with Gasteiger partial charge in [0.2, 0.25) is 5.75 Å². The molecule has 0 saturated heterocycles. The predicted octanol–water partition coefficient (Wildman–Crippen LogP) is 6.43. The zero-order valence-corrected chi connectivity index (χ0v) is 17.6. The summed E-state index contributed by atoms with van der Waals surface area (Å²) < 4.78 is 6.19. The van der Waals surface area contributed by atoms with Crippen LogP contribution in [0.15, 0.2) is 64.1 Å². The summed E-state index contributed by atoms with van der Waals surface area (Å²) in [5.74, 6) is 0.235. The van der Waals surface area contributed by atoms with Crippen LogP contribution in [-0.4, -0.2) is 16.1 Å². The van der Waals surface area contributed by atoms with E-state index in [1.165, 1.54) is 6.07 Å². The van der Waals surface area contributed by atoms with Gasteiger partial charge >= 0.3 is 5.69 Å². The predicted molar refractivity (Wildman–Crippen MR) is 117 cm³/mol. The highest BCUT2D eigenvalue weighted by Crippen LogP contribution is 2.37. The highest BCUT2D eigenvalue weighted by atomic mass is 79.9. The molecule has 0 saturated carbocycles. The number of nitro groups is 2. The van der Waals surface area contributed by atoms with Crippen molar-refractivity contribution in [1.29, 1.82) is 0 Å². The molecule has 0 bridgehead atoms. The Bertz CT molecular complexity index is 1180. The molecule has 0 atom stereocenters. The van der Waals surface area contributed by atoms with E-state index in [-0.39, 0.29) is 11.4 Å². The topological polar surface area (TPSA) is 108 Å². The van der Waals surface area contributed by atoms with Crippen LogP contribution in [0.4, 0.5) is 17.1 Å². The van der Waals surface area contributed by atoms with E-state index in [4.69, 9.17) is 4.74 Å². The smallest absolute Gasteiger partial charge is 0.318 e. The fraction of sp³-hybridized carbons (Fsp3) is 0.0952. The summed E-state index contributed by atoms with van der Waals surface area (Å²) in [4.78, 5) is 25.2.